The number of nitrogens with two attached hydrogens (primary N) is 2. The van der Waals surface area contributed by atoms with E-state index in [1.165, 1.54) is 18.2 Å². The van der Waals surface area contributed by atoms with Crippen LogP contribution in [0.1, 0.15) is 32.0 Å². The lowest BCUT2D eigenvalue weighted by Crippen LogP contribution is -2.16. The second-order valence-electron chi connectivity index (χ2n) is 8.78. The van der Waals surface area contributed by atoms with Crippen molar-refractivity contribution in [1.82, 2.24) is 9.78 Å². The second-order valence-corrected chi connectivity index (χ2v) is 11.2. The summed E-state index contributed by atoms with van der Waals surface area (Å²) in [6, 6.07) is 16.4. The van der Waals surface area contributed by atoms with Gasteiger partial charge in [0.2, 0.25) is 0 Å². The highest BCUT2D eigenvalue weighted by molar-refractivity contribution is 7.90. The Hall–Kier alpha value is -4.15. The van der Waals surface area contributed by atoms with Crippen LogP contribution in [-0.2, 0) is 22.7 Å². The number of fused-ring (bicyclic) bond motifs is 3. The van der Waals surface area contributed by atoms with Crippen LogP contribution in [0.25, 0.3) is 16.9 Å². The molecule has 5 rings (SSSR count). The fourth-order valence-electron chi connectivity index (χ4n) is 4.47. The maximum atomic E-state index is 12.9. The number of aryl methyl sites for hydroxylation is 1. The smallest absolute Gasteiger partial charge is 0.269 e. The molecule has 37 heavy (non-hydrogen) atoms. The molecule has 4 aromatic rings. The molecule has 0 saturated carbocycles. The Morgan fingerprint density at radius 2 is 1.76 bits per heavy atom. The van der Waals surface area contributed by atoms with Crippen LogP contribution in [-0.4, -0.2) is 36.3 Å². The number of halogens is 1. The number of carbonyl (C=O) groups excluding carboxylic acids is 2. The average Bonchev–Trinajstić information content (AvgIpc) is 3.24. The van der Waals surface area contributed by atoms with E-state index >= 15 is 0 Å². The fraction of sp³-hybridized carbons (Fsp3) is 0.115. The number of sulfone groups is 1. The van der Waals surface area contributed by atoms with Crippen LogP contribution in [0.15, 0.2) is 65.6 Å². The molecule has 0 bridgehead atoms. The van der Waals surface area contributed by atoms with Gasteiger partial charge < -0.3 is 16.8 Å². The summed E-state index contributed by atoms with van der Waals surface area (Å²) in [4.78, 5) is 25.3. The number of benzene rings is 3. The van der Waals surface area contributed by atoms with Crippen LogP contribution >= 0.6 is 11.6 Å². The molecular formula is C26H22ClN5O4S. The van der Waals surface area contributed by atoms with Crippen molar-refractivity contribution in [2.24, 2.45) is 5.73 Å². The Kier molecular flexibility index (Phi) is 6.01. The number of primary amides is 1. The van der Waals surface area contributed by atoms with Crippen LogP contribution < -0.4 is 16.8 Å². The number of amides is 2. The van der Waals surface area contributed by atoms with Gasteiger partial charge in [-0.25, -0.2) is 13.1 Å². The lowest BCUT2D eigenvalue weighted by atomic mass is 9.88. The van der Waals surface area contributed by atoms with E-state index in [4.69, 9.17) is 23.1 Å². The van der Waals surface area contributed by atoms with Crippen molar-refractivity contribution in [3.8, 4) is 16.9 Å². The number of nitrogens with one attached hydrogen (secondary N) is 1. The molecule has 0 fully saturated rings. The molecule has 0 saturated heterocycles. The molecule has 1 heterocycles. The van der Waals surface area contributed by atoms with Crippen LogP contribution in [0.5, 0.6) is 0 Å². The Morgan fingerprint density at radius 3 is 2.41 bits per heavy atom. The first-order valence-electron chi connectivity index (χ1n) is 11.2. The van der Waals surface area contributed by atoms with E-state index in [0.717, 1.165) is 17.4 Å². The van der Waals surface area contributed by atoms with E-state index in [2.05, 4.69) is 10.4 Å². The van der Waals surface area contributed by atoms with Gasteiger partial charge in [-0.3, -0.25) is 9.59 Å². The fourth-order valence-corrected chi connectivity index (χ4v) is 5.29. The van der Waals surface area contributed by atoms with Gasteiger partial charge in [-0.2, -0.15) is 5.10 Å². The normalized spacial score (nSPS) is 12.5. The van der Waals surface area contributed by atoms with Gasteiger partial charge in [-0.15, -0.1) is 0 Å². The molecular weight excluding hydrogens is 514 g/mol. The highest BCUT2D eigenvalue weighted by Crippen LogP contribution is 2.38. The molecule has 0 spiro atoms. The van der Waals surface area contributed by atoms with Crippen molar-refractivity contribution < 1.29 is 18.0 Å². The maximum Gasteiger partial charge on any atom is 0.269 e. The standard InChI is InChI=1S/C26H22ClN5O4S/c1-37(35,36)18-8-6-17(7-9-18)32-24-20(23(31-32)25(29)33)10-3-14-2-5-16(13-21(14)24)30-26(34)19-11-4-15(27)12-22(19)28/h2,4-9,11-13H,3,10,28H2,1H3,(H2,29,33)(H,30,34). The van der Waals surface area contributed by atoms with Gasteiger partial charge in [0.15, 0.2) is 15.5 Å². The number of carbonyl (C=O) groups is 2. The Morgan fingerprint density at radius 1 is 1.03 bits per heavy atom. The quantitative estimate of drug-likeness (QED) is 0.332. The third-order valence-corrected chi connectivity index (χ3v) is 7.62. The largest absolute Gasteiger partial charge is 0.398 e. The summed E-state index contributed by atoms with van der Waals surface area (Å²) in [5.41, 5.74) is 16.5. The first-order chi connectivity index (χ1) is 17.5. The van der Waals surface area contributed by atoms with E-state index < -0.39 is 21.7 Å². The van der Waals surface area contributed by atoms with Gasteiger partial charge >= 0.3 is 0 Å². The molecule has 2 amide bonds. The summed E-state index contributed by atoms with van der Waals surface area (Å²) >= 11 is 5.95. The lowest BCUT2D eigenvalue weighted by molar-refractivity contribution is 0.0992. The second kappa shape index (κ2) is 9.06. The highest BCUT2D eigenvalue weighted by atomic mass is 35.5. The summed E-state index contributed by atoms with van der Waals surface area (Å²) in [6.45, 7) is 0. The molecule has 1 aliphatic carbocycles. The average molecular weight is 536 g/mol. The van der Waals surface area contributed by atoms with Gasteiger partial charge in [0, 0.05) is 33.8 Å². The van der Waals surface area contributed by atoms with Gasteiger partial charge in [-0.05, 0) is 73.0 Å². The van der Waals surface area contributed by atoms with E-state index in [0.29, 0.717) is 40.5 Å². The number of nitrogen functional groups attached to an aromatic ring is 1. The monoisotopic (exact) mass is 535 g/mol. The SMILES string of the molecule is CS(=O)(=O)c1ccc(-n2nc(C(N)=O)c3c2-c2cc(NC(=O)c4ccc(Cl)cc4N)ccc2CC3)cc1. The van der Waals surface area contributed by atoms with Crippen LogP contribution in [0.3, 0.4) is 0 Å². The van der Waals surface area contributed by atoms with Crippen molar-refractivity contribution in [1.29, 1.82) is 0 Å². The van der Waals surface area contributed by atoms with Gasteiger partial charge in [0.05, 0.1) is 21.8 Å². The molecule has 0 unspecified atom stereocenters. The van der Waals surface area contributed by atoms with Crippen LogP contribution in [0.2, 0.25) is 5.02 Å². The number of hydrogen-bond donors (Lipinski definition) is 3. The number of anilines is 2. The van der Waals surface area contributed by atoms with Crippen LogP contribution in [0, 0.1) is 0 Å². The molecule has 0 radical (unpaired) electrons. The summed E-state index contributed by atoms with van der Waals surface area (Å²) in [5, 5.41) is 7.78. The third kappa shape index (κ3) is 4.56. The topological polar surface area (TPSA) is 150 Å². The zero-order chi connectivity index (χ0) is 26.5. The van der Waals surface area contributed by atoms with E-state index in [-0.39, 0.29) is 21.8 Å². The first-order valence-corrected chi connectivity index (χ1v) is 13.5. The minimum absolute atomic E-state index is 0.149. The van der Waals surface area contributed by atoms with E-state index in [9.17, 15) is 18.0 Å². The molecule has 3 aromatic carbocycles. The minimum Gasteiger partial charge on any atom is -0.398 e. The van der Waals surface area contributed by atoms with E-state index in [1.54, 1.807) is 35.0 Å². The summed E-state index contributed by atoms with van der Waals surface area (Å²) < 4.78 is 25.4. The summed E-state index contributed by atoms with van der Waals surface area (Å²) in [6.07, 6.45) is 2.33. The Bertz CT molecular complexity index is 1690. The zero-order valence-corrected chi connectivity index (χ0v) is 21.2. The number of rotatable bonds is 5. The predicted molar refractivity (Wildman–Crippen MR) is 142 cm³/mol. The zero-order valence-electron chi connectivity index (χ0n) is 19.7. The van der Waals surface area contributed by atoms with E-state index in [1.807, 2.05) is 12.1 Å². The highest BCUT2D eigenvalue weighted by Gasteiger charge is 2.28. The van der Waals surface area contributed by atoms with Gasteiger partial charge in [0.25, 0.3) is 11.8 Å². The lowest BCUT2D eigenvalue weighted by Gasteiger charge is -2.20. The predicted octanol–water partition coefficient (Wildman–Crippen LogP) is 3.63. The molecule has 0 atom stereocenters. The first kappa shape index (κ1) is 24.5. The third-order valence-electron chi connectivity index (χ3n) is 6.25. The van der Waals surface area contributed by atoms with Crippen molar-refractivity contribution in [2.45, 2.75) is 17.7 Å². The molecule has 188 valence electrons. The molecule has 11 heteroatoms. The molecule has 1 aromatic heterocycles. The summed E-state index contributed by atoms with van der Waals surface area (Å²) in [5.74, 6) is -1.05. The summed E-state index contributed by atoms with van der Waals surface area (Å²) in [7, 11) is -3.38. The number of hydrogen-bond acceptors (Lipinski definition) is 6. The number of nitrogens with zero attached hydrogens (tertiary/aromatic N) is 2. The minimum atomic E-state index is -3.38. The van der Waals surface area contributed by atoms with Crippen molar-refractivity contribution in [3.63, 3.8) is 0 Å². The van der Waals surface area contributed by atoms with Crippen molar-refractivity contribution in [3.05, 3.63) is 88.1 Å². The van der Waals surface area contributed by atoms with Gasteiger partial charge in [0.1, 0.15) is 0 Å². The Balaban J connectivity index is 1.59. The van der Waals surface area contributed by atoms with Crippen molar-refractivity contribution >= 4 is 44.6 Å². The molecule has 9 nitrogen and oxygen atoms in total. The van der Waals surface area contributed by atoms with Crippen LogP contribution in [0.4, 0.5) is 11.4 Å². The number of aromatic nitrogens is 2. The molecule has 0 aliphatic heterocycles. The Labute approximate surface area is 218 Å². The maximum absolute atomic E-state index is 12.9. The molecule has 1 aliphatic rings. The molecule has 5 N–H and O–H groups in total. The van der Waals surface area contributed by atoms with Crippen molar-refractivity contribution in [2.75, 3.05) is 17.3 Å². The van der Waals surface area contributed by atoms with Gasteiger partial charge in [-0.1, -0.05) is 17.7 Å².